The molecular weight excluding hydrogens is 350 g/mol. The average Bonchev–Trinajstić information content (AvgIpc) is 3.02. The first kappa shape index (κ1) is 18.1. The van der Waals surface area contributed by atoms with Gasteiger partial charge in [-0.1, -0.05) is 30.3 Å². The van der Waals surface area contributed by atoms with E-state index in [1.54, 1.807) is 0 Å². The maximum absolute atomic E-state index is 10.6. The molecular formula is C20H19NO4S. The number of aromatic nitrogens is 1. The Balaban J connectivity index is 1.62. The third-order valence-corrected chi connectivity index (χ3v) is 4.67. The highest BCUT2D eigenvalue weighted by molar-refractivity contribution is 7.99. The number of thioether (sulfide) groups is 1. The van der Waals surface area contributed by atoms with E-state index in [0.717, 1.165) is 28.3 Å². The molecule has 0 fully saturated rings. The highest BCUT2D eigenvalue weighted by atomic mass is 32.2. The van der Waals surface area contributed by atoms with Crippen LogP contribution in [0.25, 0.3) is 11.5 Å². The molecule has 0 saturated heterocycles. The van der Waals surface area contributed by atoms with Crippen LogP contribution in [0.5, 0.6) is 5.75 Å². The summed E-state index contributed by atoms with van der Waals surface area (Å²) in [4.78, 5) is 15.1. The van der Waals surface area contributed by atoms with Gasteiger partial charge in [0.2, 0.25) is 5.89 Å². The van der Waals surface area contributed by atoms with Gasteiger partial charge in [0.05, 0.1) is 5.75 Å². The van der Waals surface area contributed by atoms with Crippen LogP contribution in [-0.4, -0.2) is 21.8 Å². The van der Waals surface area contributed by atoms with Crippen molar-refractivity contribution in [2.75, 3.05) is 5.75 Å². The van der Waals surface area contributed by atoms with Crippen molar-refractivity contribution >= 4 is 17.7 Å². The van der Waals surface area contributed by atoms with E-state index in [9.17, 15) is 4.79 Å². The lowest BCUT2D eigenvalue weighted by Crippen LogP contribution is -1.99. The van der Waals surface area contributed by atoms with Crippen molar-refractivity contribution in [3.8, 4) is 17.2 Å². The zero-order chi connectivity index (χ0) is 18.4. The Labute approximate surface area is 156 Å². The van der Waals surface area contributed by atoms with Crippen molar-refractivity contribution in [2.24, 2.45) is 0 Å². The summed E-state index contributed by atoms with van der Waals surface area (Å²) < 4.78 is 11.6. The molecule has 1 heterocycles. The standard InChI is InChI=1S/C20H19NO4S/c1-14-18(21-20(25-14)16-7-3-2-4-8-16)11-24-17-9-5-6-15(10-17)12-26-13-19(22)23/h2-10H,11-13H2,1H3,(H,22,23). The predicted octanol–water partition coefficient (Wildman–Crippen LogP) is 4.55. The fourth-order valence-electron chi connectivity index (χ4n) is 2.40. The van der Waals surface area contributed by atoms with Gasteiger partial charge in [0.15, 0.2) is 0 Å². The molecule has 6 heteroatoms. The van der Waals surface area contributed by atoms with E-state index in [-0.39, 0.29) is 5.75 Å². The van der Waals surface area contributed by atoms with Crippen molar-refractivity contribution in [2.45, 2.75) is 19.3 Å². The van der Waals surface area contributed by atoms with Gasteiger partial charge in [-0.2, -0.15) is 0 Å². The van der Waals surface area contributed by atoms with E-state index in [0.29, 0.717) is 18.3 Å². The molecule has 134 valence electrons. The van der Waals surface area contributed by atoms with Crippen LogP contribution in [0.3, 0.4) is 0 Å². The summed E-state index contributed by atoms with van der Waals surface area (Å²) in [5.41, 5.74) is 2.71. The molecule has 3 aromatic rings. The monoisotopic (exact) mass is 369 g/mol. The average molecular weight is 369 g/mol. The van der Waals surface area contributed by atoms with E-state index < -0.39 is 5.97 Å². The number of aryl methyl sites for hydroxylation is 1. The second kappa shape index (κ2) is 8.58. The number of hydrogen-bond acceptors (Lipinski definition) is 5. The van der Waals surface area contributed by atoms with Gasteiger partial charge in [-0.15, -0.1) is 11.8 Å². The summed E-state index contributed by atoms with van der Waals surface area (Å²) in [6.45, 7) is 2.19. The van der Waals surface area contributed by atoms with Crippen molar-refractivity contribution in [1.82, 2.24) is 4.98 Å². The summed E-state index contributed by atoms with van der Waals surface area (Å²) in [7, 11) is 0. The molecule has 0 bridgehead atoms. The van der Waals surface area contributed by atoms with Crippen LogP contribution in [0.1, 0.15) is 17.0 Å². The van der Waals surface area contributed by atoms with Gasteiger partial charge >= 0.3 is 5.97 Å². The number of aliphatic carboxylic acids is 1. The van der Waals surface area contributed by atoms with Crippen molar-refractivity contribution in [3.05, 3.63) is 71.6 Å². The first-order valence-electron chi connectivity index (χ1n) is 8.15. The van der Waals surface area contributed by atoms with Crippen LogP contribution >= 0.6 is 11.8 Å². The Morgan fingerprint density at radius 3 is 2.77 bits per heavy atom. The van der Waals surface area contributed by atoms with E-state index in [4.69, 9.17) is 14.3 Å². The van der Waals surface area contributed by atoms with E-state index in [2.05, 4.69) is 4.98 Å². The largest absolute Gasteiger partial charge is 0.487 e. The predicted molar refractivity (Wildman–Crippen MR) is 101 cm³/mol. The zero-order valence-corrected chi connectivity index (χ0v) is 15.2. The molecule has 1 aromatic heterocycles. The number of ether oxygens (including phenoxy) is 1. The number of carboxylic acid groups (broad SMARTS) is 1. The van der Waals surface area contributed by atoms with Gasteiger partial charge < -0.3 is 14.3 Å². The number of oxazole rings is 1. The number of hydrogen-bond donors (Lipinski definition) is 1. The molecule has 0 amide bonds. The summed E-state index contributed by atoms with van der Waals surface area (Å²) >= 11 is 1.36. The maximum atomic E-state index is 10.6. The molecule has 0 aliphatic carbocycles. The van der Waals surface area contributed by atoms with E-state index in [1.165, 1.54) is 11.8 Å². The number of nitrogens with zero attached hydrogens (tertiary/aromatic N) is 1. The number of carboxylic acids is 1. The molecule has 0 spiro atoms. The van der Waals surface area contributed by atoms with Crippen molar-refractivity contribution in [1.29, 1.82) is 0 Å². The molecule has 0 atom stereocenters. The fourth-order valence-corrected chi connectivity index (χ4v) is 3.09. The smallest absolute Gasteiger partial charge is 0.313 e. The van der Waals surface area contributed by atoms with Crippen LogP contribution in [0.15, 0.2) is 59.0 Å². The number of carbonyl (C=O) groups is 1. The Hall–Kier alpha value is -2.73. The molecule has 0 aliphatic heterocycles. The summed E-state index contributed by atoms with van der Waals surface area (Å²) in [5.74, 6) is 1.95. The first-order chi connectivity index (χ1) is 12.6. The van der Waals surface area contributed by atoms with E-state index >= 15 is 0 Å². The SMILES string of the molecule is Cc1oc(-c2ccccc2)nc1COc1cccc(CSCC(=O)O)c1. The van der Waals surface area contributed by atoms with Crippen molar-refractivity contribution in [3.63, 3.8) is 0 Å². The van der Waals surface area contributed by atoms with Crippen molar-refractivity contribution < 1.29 is 19.1 Å². The van der Waals surface area contributed by atoms with Crippen LogP contribution in [-0.2, 0) is 17.2 Å². The van der Waals surface area contributed by atoms with Gasteiger partial charge in [-0.25, -0.2) is 4.98 Å². The lowest BCUT2D eigenvalue weighted by molar-refractivity contribution is -0.133. The third-order valence-electron chi connectivity index (χ3n) is 3.68. The van der Waals surface area contributed by atoms with Crippen LogP contribution < -0.4 is 4.74 Å². The molecule has 0 saturated carbocycles. The van der Waals surface area contributed by atoms with Gasteiger partial charge in [0, 0.05) is 11.3 Å². The second-order valence-electron chi connectivity index (χ2n) is 5.71. The Morgan fingerprint density at radius 2 is 2.00 bits per heavy atom. The normalized spacial score (nSPS) is 10.7. The van der Waals surface area contributed by atoms with Gasteiger partial charge in [0.1, 0.15) is 23.8 Å². The minimum Gasteiger partial charge on any atom is -0.487 e. The Bertz CT molecular complexity index is 877. The Morgan fingerprint density at radius 1 is 1.19 bits per heavy atom. The molecule has 2 aromatic carbocycles. The summed E-state index contributed by atoms with van der Waals surface area (Å²) in [5, 5.41) is 8.71. The lowest BCUT2D eigenvalue weighted by atomic mass is 10.2. The molecule has 0 aliphatic rings. The fraction of sp³-hybridized carbons (Fsp3) is 0.200. The van der Waals surface area contributed by atoms with Crippen LogP contribution in [0.4, 0.5) is 0 Å². The topological polar surface area (TPSA) is 72.6 Å². The second-order valence-corrected chi connectivity index (χ2v) is 6.70. The molecule has 26 heavy (non-hydrogen) atoms. The lowest BCUT2D eigenvalue weighted by Gasteiger charge is -2.07. The zero-order valence-electron chi connectivity index (χ0n) is 14.3. The number of benzene rings is 2. The maximum Gasteiger partial charge on any atom is 0.313 e. The molecule has 3 rings (SSSR count). The molecule has 0 unspecified atom stereocenters. The molecule has 0 radical (unpaired) electrons. The third kappa shape index (κ3) is 4.89. The van der Waals surface area contributed by atoms with Gasteiger partial charge in [0.25, 0.3) is 0 Å². The van der Waals surface area contributed by atoms with Crippen LogP contribution in [0, 0.1) is 6.92 Å². The highest BCUT2D eigenvalue weighted by Gasteiger charge is 2.12. The summed E-state index contributed by atoms with van der Waals surface area (Å²) in [6.07, 6.45) is 0. The van der Waals surface area contributed by atoms with E-state index in [1.807, 2.05) is 61.5 Å². The highest BCUT2D eigenvalue weighted by Crippen LogP contribution is 2.23. The summed E-state index contributed by atoms with van der Waals surface area (Å²) in [6, 6.07) is 17.4. The van der Waals surface area contributed by atoms with Gasteiger partial charge in [-0.05, 0) is 36.8 Å². The number of rotatable bonds is 8. The minimum atomic E-state index is -0.807. The van der Waals surface area contributed by atoms with Gasteiger partial charge in [-0.3, -0.25) is 4.79 Å². The first-order valence-corrected chi connectivity index (χ1v) is 9.30. The van der Waals surface area contributed by atoms with Crippen LogP contribution in [0.2, 0.25) is 0 Å². The molecule has 1 N–H and O–H groups in total. The Kier molecular flexibility index (Phi) is 5.96. The quantitative estimate of drug-likeness (QED) is 0.628. The minimum absolute atomic E-state index is 0.0888. The molecule has 5 nitrogen and oxygen atoms in total.